The maximum atomic E-state index is 10.7. The molecule has 13 heavy (non-hydrogen) atoms. The predicted molar refractivity (Wildman–Crippen MR) is 38.9 cm³/mol. The SMILES string of the molecule is N[C@]1(C(=O)O)CO[C@@H]2[C@H](C(=O)O)[C@H]21. The van der Waals surface area contributed by atoms with Crippen LogP contribution in [0, 0.1) is 11.8 Å². The molecule has 1 saturated heterocycles. The van der Waals surface area contributed by atoms with E-state index in [1.807, 2.05) is 0 Å². The Kier molecular flexibility index (Phi) is 1.44. The normalized spacial score (nSPS) is 47.0. The zero-order chi connectivity index (χ0) is 9.80. The highest BCUT2D eigenvalue weighted by Crippen LogP contribution is 2.53. The van der Waals surface area contributed by atoms with E-state index in [1.54, 1.807) is 0 Å². The van der Waals surface area contributed by atoms with Crippen LogP contribution in [0.2, 0.25) is 0 Å². The fraction of sp³-hybridized carbons (Fsp3) is 0.714. The maximum absolute atomic E-state index is 10.7. The van der Waals surface area contributed by atoms with Crippen LogP contribution in [0.3, 0.4) is 0 Å². The van der Waals surface area contributed by atoms with Gasteiger partial charge >= 0.3 is 11.9 Å². The molecule has 1 aliphatic heterocycles. The Morgan fingerprint density at radius 3 is 2.46 bits per heavy atom. The Hall–Kier alpha value is -1.14. The summed E-state index contributed by atoms with van der Waals surface area (Å²) in [6.45, 7) is -0.0958. The van der Waals surface area contributed by atoms with Crippen LogP contribution in [-0.2, 0) is 14.3 Å². The number of aliphatic carboxylic acids is 2. The molecule has 6 heteroatoms. The van der Waals surface area contributed by atoms with Crippen molar-refractivity contribution in [3.63, 3.8) is 0 Å². The number of rotatable bonds is 2. The molecule has 0 radical (unpaired) electrons. The molecule has 0 bridgehead atoms. The second kappa shape index (κ2) is 2.21. The first-order chi connectivity index (χ1) is 5.98. The maximum Gasteiger partial charge on any atom is 0.326 e. The summed E-state index contributed by atoms with van der Waals surface area (Å²) in [5.74, 6) is -3.54. The van der Waals surface area contributed by atoms with E-state index < -0.39 is 35.4 Å². The number of hydrogen-bond donors (Lipinski definition) is 3. The van der Waals surface area contributed by atoms with Gasteiger partial charge in [-0.05, 0) is 0 Å². The quantitative estimate of drug-likeness (QED) is 0.485. The molecule has 2 rings (SSSR count). The van der Waals surface area contributed by atoms with Gasteiger partial charge in [-0.15, -0.1) is 0 Å². The summed E-state index contributed by atoms with van der Waals surface area (Å²) in [5, 5.41) is 17.4. The summed E-state index contributed by atoms with van der Waals surface area (Å²) in [6, 6.07) is 0. The molecule has 2 aliphatic rings. The molecule has 0 spiro atoms. The monoisotopic (exact) mass is 187 g/mol. The molecule has 2 fully saturated rings. The van der Waals surface area contributed by atoms with Crippen molar-refractivity contribution in [3.05, 3.63) is 0 Å². The van der Waals surface area contributed by atoms with Gasteiger partial charge in [-0.1, -0.05) is 0 Å². The fourth-order valence-electron chi connectivity index (χ4n) is 1.93. The lowest BCUT2D eigenvalue weighted by Gasteiger charge is -2.19. The average molecular weight is 187 g/mol. The van der Waals surface area contributed by atoms with Crippen molar-refractivity contribution in [2.45, 2.75) is 11.6 Å². The van der Waals surface area contributed by atoms with Crippen LogP contribution < -0.4 is 5.73 Å². The summed E-state index contributed by atoms with van der Waals surface area (Å²) in [4.78, 5) is 21.3. The summed E-state index contributed by atoms with van der Waals surface area (Å²) >= 11 is 0. The Labute approximate surface area is 73.3 Å². The highest BCUT2D eigenvalue weighted by Gasteiger charge is 2.72. The first kappa shape index (κ1) is 8.46. The molecule has 0 aromatic rings. The number of nitrogens with two attached hydrogens (primary N) is 1. The first-order valence-corrected chi connectivity index (χ1v) is 3.85. The van der Waals surface area contributed by atoms with Crippen molar-refractivity contribution in [1.29, 1.82) is 0 Å². The van der Waals surface area contributed by atoms with E-state index in [0.29, 0.717) is 0 Å². The number of ether oxygens (including phenoxy) is 1. The number of fused-ring (bicyclic) bond motifs is 1. The van der Waals surface area contributed by atoms with E-state index in [4.69, 9.17) is 20.7 Å². The van der Waals surface area contributed by atoms with Crippen molar-refractivity contribution in [2.24, 2.45) is 17.6 Å². The van der Waals surface area contributed by atoms with Crippen molar-refractivity contribution >= 4 is 11.9 Å². The minimum Gasteiger partial charge on any atom is -0.481 e. The summed E-state index contributed by atoms with van der Waals surface area (Å²) in [5.41, 5.74) is 4.02. The molecule has 0 amide bonds. The summed E-state index contributed by atoms with van der Waals surface area (Å²) in [6.07, 6.45) is -0.501. The average Bonchev–Trinajstić information content (AvgIpc) is 2.66. The molecule has 72 valence electrons. The lowest BCUT2D eigenvalue weighted by atomic mass is 9.95. The zero-order valence-electron chi connectivity index (χ0n) is 6.64. The van der Waals surface area contributed by atoms with Crippen LogP contribution in [-0.4, -0.2) is 40.4 Å². The Balaban J connectivity index is 2.20. The smallest absolute Gasteiger partial charge is 0.326 e. The lowest BCUT2D eigenvalue weighted by Crippen LogP contribution is -2.52. The van der Waals surface area contributed by atoms with Crippen molar-refractivity contribution in [3.8, 4) is 0 Å². The van der Waals surface area contributed by atoms with Gasteiger partial charge in [-0.2, -0.15) is 0 Å². The van der Waals surface area contributed by atoms with Crippen LogP contribution in [0.4, 0.5) is 0 Å². The van der Waals surface area contributed by atoms with Gasteiger partial charge in [-0.25, -0.2) is 0 Å². The molecule has 0 aromatic carbocycles. The van der Waals surface area contributed by atoms with Gasteiger partial charge in [0.25, 0.3) is 0 Å². The Morgan fingerprint density at radius 2 is 2.08 bits per heavy atom. The third-order valence-electron chi connectivity index (χ3n) is 2.75. The van der Waals surface area contributed by atoms with Crippen LogP contribution >= 0.6 is 0 Å². The van der Waals surface area contributed by atoms with Gasteiger partial charge in [0.15, 0.2) is 0 Å². The standard InChI is InChI=1S/C7H9NO5/c8-7(6(11)12)1-13-4-2(3(4)7)5(9)10/h2-4H,1,8H2,(H,9,10)(H,11,12)/t2-,3-,4-,7-/m1/s1. The topological polar surface area (TPSA) is 110 Å². The second-order valence-electron chi connectivity index (χ2n) is 3.51. The molecule has 1 heterocycles. The van der Waals surface area contributed by atoms with E-state index in [-0.39, 0.29) is 6.61 Å². The number of carboxylic acids is 2. The fourth-order valence-corrected chi connectivity index (χ4v) is 1.93. The van der Waals surface area contributed by atoms with E-state index >= 15 is 0 Å². The van der Waals surface area contributed by atoms with Crippen LogP contribution in [0.15, 0.2) is 0 Å². The third-order valence-corrected chi connectivity index (χ3v) is 2.75. The lowest BCUT2D eigenvalue weighted by molar-refractivity contribution is -0.147. The largest absolute Gasteiger partial charge is 0.481 e. The van der Waals surface area contributed by atoms with E-state index in [9.17, 15) is 9.59 Å². The molecular formula is C7H9NO5. The molecule has 1 aliphatic carbocycles. The Morgan fingerprint density at radius 1 is 1.46 bits per heavy atom. The summed E-state index contributed by atoms with van der Waals surface area (Å²) < 4.78 is 4.99. The van der Waals surface area contributed by atoms with Gasteiger partial charge in [-0.3, -0.25) is 9.59 Å². The molecular weight excluding hydrogens is 178 g/mol. The van der Waals surface area contributed by atoms with Crippen LogP contribution in [0.1, 0.15) is 0 Å². The molecule has 6 nitrogen and oxygen atoms in total. The molecule has 4 N–H and O–H groups in total. The van der Waals surface area contributed by atoms with E-state index in [2.05, 4.69) is 0 Å². The van der Waals surface area contributed by atoms with Crippen LogP contribution in [0.5, 0.6) is 0 Å². The number of carbonyl (C=O) groups is 2. The van der Waals surface area contributed by atoms with Gasteiger partial charge in [0.2, 0.25) is 0 Å². The molecule has 0 unspecified atom stereocenters. The van der Waals surface area contributed by atoms with Gasteiger partial charge in [0, 0.05) is 5.92 Å². The third kappa shape index (κ3) is 0.895. The molecule has 1 saturated carbocycles. The van der Waals surface area contributed by atoms with Crippen molar-refractivity contribution in [1.82, 2.24) is 0 Å². The Bertz CT molecular complexity index is 291. The van der Waals surface area contributed by atoms with Gasteiger partial charge in [0.1, 0.15) is 5.54 Å². The second-order valence-corrected chi connectivity index (χ2v) is 3.51. The minimum atomic E-state index is -1.51. The van der Waals surface area contributed by atoms with E-state index in [0.717, 1.165) is 0 Å². The first-order valence-electron chi connectivity index (χ1n) is 3.85. The highest BCUT2D eigenvalue weighted by molar-refractivity contribution is 5.85. The molecule has 0 aromatic heterocycles. The molecule has 4 atom stereocenters. The number of carboxylic acid groups (broad SMARTS) is 2. The van der Waals surface area contributed by atoms with Gasteiger partial charge < -0.3 is 20.7 Å². The summed E-state index contributed by atoms with van der Waals surface area (Å²) in [7, 11) is 0. The van der Waals surface area contributed by atoms with Crippen LogP contribution in [0.25, 0.3) is 0 Å². The van der Waals surface area contributed by atoms with Crippen molar-refractivity contribution < 1.29 is 24.5 Å². The predicted octanol–water partition coefficient (Wildman–Crippen LogP) is -1.50. The minimum absolute atomic E-state index is 0.0958. The zero-order valence-corrected chi connectivity index (χ0v) is 6.64. The van der Waals surface area contributed by atoms with Crippen molar-refractivity contribution in [2.75, 3.05) is 6.61 Å². The van der Waals surface area contributed by atoms with E-state index in [1.165, 1.54) is 0 Å². The number of hydrogen-bond acceptors (Lipinski definition) is 4. The highest BCUT2D eigenvalue weighted by atomic mass is 16.5. The van der Waals surface area contributed by atoms with Gasteiger partial charge in [0.05, 0.1) is 18.6 Å².